The minimum atomic E-state index is -0.197. The average Bonchev–Trinajstić information content (AvgIpc) is 2.35. The van der Waals surface area contributed by atoms with E-state index < -0.39 is 0 Å². The summed E-state index contributed by atoms with van der Waals surface area (Å²) >= 11 is 4.19. The van der Waals surface area contributed by atoms with Gasteiger partial charge in [-0.2, -0.15) is 0 Å². The van der Waals surface area contributed by atoms with Crippen molar-refractivity contribution in [3.63, 3.8) is 0 Å². The predicted octanol–water partition coefficient (Wildman–Crippen LogP) is 4.51. The van der Waals surface area contributed by atoms with Crippen LogP contribution >= 0.6 is 12.6 Å². The maximum absolute atomic E-state index is 13.3. The molecule has 0 N–H and O–H groups in total. The molecule has 1 aromatic carbocycles. The Morgan fingerprint density at radius 2 is 1.76 bits per heavy atom. The van der Waals surface area contributed by atoms with Crippen LogP contribution < -0.4 is 0 Å². The topological polar surface area (TPSA) is 12.9 Å². The molecule has 0 saturated heterocycles. The van der Waals surface area contributed by atoms with Crippen molar-refractivity contribution in [2.45, 2.75) is 25.7 Å². The summed E-state index contributed by atoms with van der Waals surface area (Å²) in [6.45, 7) is 5.74. The Bertz CT molecular complexity index is 497. The van der Waals surface area contributed by atoms with E-state index in [9.17, 15) is 4.39 Å². The van der Waals surface area contributed by atoms with Gasteiger partial charge in [0, 0.05) is 22.9 Å². The van der Waals surface area contributed by atoms with Crippen LogP contribution in [0.15, 0.2) is 41.6 Å². The minimum absolute atomic E-state index is 0.197. The van der Waals surface area contributed by atoms with Gasteiger partial charge in [0.15, 0.2) is 0 Å². The molecular formula is C14H16FNS. The van der Waals surface area contributed by atoms with E-state index in [1.165, 1.54) is 6.07 Å². The number of halogens is 1. The van der Waals surface area contributed by atoms with Crippen LogP contribution in [0.5, 0.6) is 0 Å². The number of aromatic nitrogens is 1. The molecule has 0 aliphatic heterocycles. The summed E-state index contributed by atoms with van der Waals surface area (Å²) in [7, 11) is 0. The molecule has 1 aromatic heterocycles. The van der Waals surface area contributed by atoms with E-state index in [4.69, 9.17) is 0 Å². The molecule has 0 unspecified atom stereocenters. The molecule has 0 amide bonds. The molecule has 0 saturated carbocycles. The fourth-order valence-electron chi connectivity index (χ4n) is 1.36. The minimum Gasteiger partial charge on any atom is -0.263 e. The van der Waals surface area contributed by atoms with Crippen LogP contribution in [0, 0.1) is 12.7 Å². The molecule has 0 radical (unpaired) electrons. The van der Waals surface area contributed by atoms with Crippen LogP contribution in [0.4, 0.5) is 4.39 Å². The monoisotopic (exact) mass is 249 g/mol. The molecule has 0 fully saturated rings. The third kappa shape index (κ3) is 3.56. The Morgan fingerprint density at radius 1 is 1.06 bits per heavy atom. The fraction of sp³-hybridized carbons (Fsp3) is 0.214. The number of nitrogens with zero attached hydrogens (tertiary/aromatic N) is 1. The van der Waals surface area contributed by atoms with Gasteiger partial charge in [-0.15, -0.1) is 12.6 Å². The molecule has 0 spiro atoms. The molecule has 90 valence electrons. The summed E-state index contributed by atoms with van der Waals surface area (Å²) < 4.78 is 13.3. The van der Waals surface area contributed by atoms with E-state index in [2.05, 4.69) is 17.6 Å². The molecule has 1 nitrogen and oxygen atoms in total. The first-order valence-electron chi connectivity index (χ1n) is 5.57. The second kappa shape index (κ2) is 6.40. The molecule has 1 heterocycles. The molecule has 0 aliphatic rings. The van der Waals surface area contributed by atoms with Gasteiger partial charge >= 0.3 is 0 Å². The van der Waals surface area contributed by atoms with E-state index >= 15 is 0 Å². The molecule has 0 aliphatic carbocycles. The van der Waals surface area contributed by atoms with Gasteiger partial charge < -0.3 is 0 Å². The summed E-state index contributed by atoms with van der Waals surface area (Å²) in [6, 6.07) is 7.01. The van der Waals surface area contributed by atoms with Gasteiger partial charge in [0.25, 0.3) is 0 Å². The maximum Gasteiger partial charge on any atom is 0.126 e. The van der Waals surface area contributed by atoms with Gasteiger partial charge in [-0.25, -0.2) is 4.39 Å². The predicted molar refractivity (Wildman–Crippen MR) is 73.0 cm³/mol. The average molecular weight is 249 g/mol. The Morgan fingerprint density at radius 3 is 2.35 bits per heavy atom. The lowest BCUT2D eigenvalue weighted by atomic mass is 10.1. The van der Waals surface area contributed by atoms with Gasteiger partial charge in [-0.3, -0.25) is 4.98 Å². The van der Waals surface area contributed by atoms with Crippen LogP contribution in [0.1, 0.15) is 19.4 Å². The lowest BCUT2D eigenvalue weighted by Crippen LogP contribution is -1.85. The van der Waals surface area contributed by atoms with Crippen molar-refractivity contribution in [2.75, 3.05) is 0 Å². The van der Waals surface area contributed by atoms with Crippen LogP contribution in [-0.2, 0) is 0 Å². The number of pyridine rings is 1. The lowest BCUT2D eigenvalue weighted by Gasteiger charge is -2.03. The first kappa shape index (κ1) is 13.7. The third-order valence-corrected chi connectivity index (χ3v) is 2.47. The standard InChI is InChI=1S/C12H10FNS.C2H6/c1-8-2-3-9(5-12(8)13)10-4-11(15)7-14-6-10;1-2/h2-7,15H,1H3;1-2H3. The van der Waals surface area contributed by atoms with Gasteiger partial charge in [0.1, 0.15) is 5.82 Å². The fourth-order valence-corrected chi connectivity index (χ4v) is 1.56. The molecule has 0 bridgehead atoms. The van der Waals surface area contributed by atoms with Gasteiger partial charge in [0.2, 0.25) is 0 Å². The van der Waals surface area contributed by atoms with E-state index in [1.807, 2.05) is 26.0 Å². The molecular weight excluding hydrogens is 233 g/mol. The molecule has 3 heteroatoms. The van der Waals surface area contributed by atoms with Crippen LogP contribution in [0.25, 0.3) is 11.1 Å². The quantitative estimate of drug-likeness (QED) is 0.734. The number of rotatable bonds is 1. The Hall–Kier alpha value is -1.35. The van der Waals surface area contributed by atoms with E-state index in [1.54, 1.807) is 25.4 Å². The summed E-state index contributed by atoms with van der Waals surface area (Å²) in [5, 5.41) is 0. The summed E-state index contributed by atoms with van der Waals surface area (Å²) in [5.41, 5.74) is 2.34. The number of aryl methyl sites for hydroxylation is 1. The number of hydrogen-bond acceptors (Lipinski definition) is 2. The van der Waals surface area contributed by atoms with Gasteiger partial charge in [-0.1, -0.05) is 26.0 Å². The largest absolute Gasteiger partial charge is 0.263 e. The van der Waals surface area contributed by atoms with Crippen molar-refractivity contribution in [1.29, 1.82) is 0 Å². The highest BCUT2D eigenvalue weighted by Gasteiger charge is 2.02. The third-order valence-electron chi connectivity index (χ3n) is 2.23. The molecule has 17 heavy (non-hydrogen) atoms. The summed E-state index contributed by atoms with van der Waals surface area (Å²) in [6.07, 6.45) is 3.35. The number of benzene rings is 1. The zero-order valence-corrected chi connectivity index (χ0v) is 11.1. The second-order valence-corrected chi connectivity index (χ2v) is 3.91. The van der Waals surface area contributed by atoms with Crippen molar-refractivity contribution in [3.05, 3.63) is 48.0 Å². The van der Waals surface area contributed by atoms with Crippen LogP contribution in [0.3, 0.4) is 0 Å². The van der Waals surface area contributed by atoms with Crippen LogP contribution in [0.2, 0.25) is 0 Å². The van der Waals surface area contributed by atoms with Crippen molar-refractivity contribution in [2.24, 2.45) is 0 Å². The van der Waals surface area contributed by atoms with Crippen molar-refractivity contribution in [3.8, 4) is 11.1 Å². The van der Waals surface area contributed by atoms with Gasteiger partial charge in [-0.05, 0) is 30.2 Å². The molecule has 2 rings (SSSR count). The van der Waals surface area contributed by atoms with Crippen molar-refractivity contribution >= 4 is 12.6 Å². The van der Waals surface area contributed by atoms with E-state index in [0.29, 0.717) is 5.56 Å². The zero-order chi connectivity index (χ0) is 12.8. The van der Waals surface area contributed by atoms with Gasteiger partial charge in [0.05, 0.1) is 0 Å². The summed E-state index contributed by atoms with van der Waals surface area (Å²) in [4.78, 5) is 4.79. The summed E-state index contributed by atoms with van der Waals surface area (Å²) in [5.74, 6) is -0.197. The highest BCUT2D eigenvalue weighted by atomic mass is 32.1. The highest BCUT2D eigenvalue weighted by Crippen LogP contribution is 2.22. The van der Waals surface area contributed by atoms with Crippen molar-refractivity contribution in [1.82, 2.24) is 4.98 Å². The molecule has 2 aromatic rings. The van der Waals surface area contributed by atoms with Crippen molar-refractivity contribution < 1.29 is 4.39 Å². The maximum atomic E-state index is 13.3. The second-order valence-electron chi connectivity index (χ2n) is 3.40. The smallest absolute Gasteiger partial charge is 0.126 e. The first-order valence-corrected chi connectivity index (χ1v) is 6.02. The Balaban J connectivity index is 0.000000686. The Kier molecular flexibility index (Phi) is 5.16. The van der Waals surface area contributed by atoms with E-state index in [-0.39, 0.29) is 5.82 Å². The SMILES string of the molecule is CC.Cc1ccc(-c2cncc(S)c2)cc1F. The van der Waals surface area contributed by atoms with Crippen LogP contribution in [-0.4, -0.2) is 4.98 Å². The lowest BCUT2D eigenvalue weighted by molar-refractivity contribution is 0.619. The molecule has 0 atom stereocenters. The van der Waals surface area contributed by atoms with E-state index in [0.717, 1.165) is 16.0 Å². The number of thiol groups is 1. The first-order chi connectivity index (χ1) is 8.16. The normalized spacial score (nSPS) is 9.47. The Labute approximate surface area is 107 Å². The highest BCUT2D eigenvalue weighted by molar-refractivity contribution is 7.80. The number of hydrogen-bond donors (Lipinski definition) is 1. The zero-order valence-electron chi connectivity index (χ0n) is 10.2.